The van der Waals surface area contributed by atoms with Gasteiger partial charge in [-0.05, 0) is 25.9 Å². The van der Waals surface area contributed by atoms with Crippen LogP contribution in [0.1, 0.15) is 19.3 Å². The normalized spacial score (nSPS) is 23.0. The highest BCUT2D eigenvalue weighted by molar-refractivity contribution is 5.68. The molecule has 0 aliphatic carbocycles. The Hall–Kier alpha value is -0.640. The van der Waals surface area contributed by atoms with E-state index in [2.05, 4.69) is 5.32 Å². The second-order valence-corrected chi connectivity index (χ2v) is 2.97. The third-order valence-corrected chi connectivity index (χ3v) is 1.97. The minimum absolute atomic E-state index is 0.319. The standard InChI is InChI=1S/C7H12FNO2/c8-7(5-6(10)11)1-3-9-4-2-7/h9H,1-5H2,(H,10,11). The van der Waals surface area contributed by atoms with Crippen molar-refractivity contribution in [2.24, 2.45) is 0 Å². The monoisotopic (exact) mass is 161 g/mol. The summed E-state index contributed by atoms with van der Waals surface area (Å²) in [6.45, 7) is 1.17. The molecule has 0 unspecified atom stereocenters. The molecule has 0 amide bonds. The lowest BCUT2D eigenvalue weighted by atomic mass is 9.91. The van der Waals surface area contributed by atoms with E-state index in [1.54, 1.807) is 0 Å². The van der Waals surface area contributed by atoms with Gasteiger partial charge in [0.05, 0.1) is 6.42 Å². The number of piperidine rings is 1. The van der Waals surface area contributed by atoms with Crippen LogP contribution in [0.4, 0.5) is 4.39 Å². The number of alkyl halides is 1. The van der Waals surface area contributed by atoms with E-state index >= 15 is 0 Å². The van der Waals surface area contributed by atoms with Crippen LogP contribution in [0.15, 0.2) is 0 Å². The Morgan fingerprint density at radius 2 is 2.09 bits per heavy atom. The maximum Gasteiger partial charge on any atom is 0.306 e. The largest absolute Gasteiger partial charge is 0.481 e. The topological polar surface area (TPSA) is 49.3 Å². The van der Waals surface area contributed by atoms with E-state index in [9.17, 15) is 9.18 Å². The second kappa shape index (κ2) is 3.17. The van der Waals surface area contributed by atoms with Gasteiger partial charge in [-0.15, -0.1) is 0 Å². The van der Waals surface area contributed by atoms with E-state index in [0.29, 0.717) is 25.9 Å². The molecule has 3 nitrogen and oxygen atoms in total. The van der Waals surface area contributed by atoms with Gasteiger partial charge in [0.2, 0.25) is 0 Å². The van der Waals surface area contributed by atoms with Gasteiger partial charge < -0.3 is 10.4 Å². The second-order valence-electron chi connectivity index (χ2n) is 2.97. The molecule has 1 rings (SSSR count). The van der Waals surface area contributed by atoms with Crippen molar-refractivity contribution in [2.75, 3.05) is 13.1 Å². The maximum atomic E-state index is 13.4. The Morgan fingerprint density at radius 3 is 2.55 bits per heavy atom. The zero-order valence-corrected chi connectivity index (χ0v) is 6.27. The highest BCUT2D eigenvalue weighted by atomic mass is 19.1. The third kappa shape index (κ3) is 2.46. The highest BCUT2D eigenvalue weighted by Gasteiger charge is 2.33. The number of hydrogen-bond donors (Lipinski definition) is 2. The zero-order chi connectivity index (χ0) is 8.32. The molecule has 0 aromatic heterocycles. The van der Waals surface area contributed by atoms with Crippen molar-refractivity contribution in [3.05, 3.63) is 0 Å². The SMILES string of the molecule is O=C(O)CC1(F)CCNCC1. The molecule has 64 valence electrons. The lowest BCUT2D eigenvalue weighted by Gasteiger charge is -2.28. The maximum absolute atomic E-state index is 13.4. The molecule has 1 aliphatic heterocycles. The third-order valence-electron chi connectivity index (χ3n) is 1.97. The van der Waals surface area contributed by atoms with Crippen LogP contribution in [0.2, 0.25) is 0 Å². The molecule has 11 heavy (non-hydrogen) atoms. The summed E-state index contributed by atoms with van der Waals surface area (Å²) < 4.78 is 13.4. The predicted octanol–water partition coefficient (Wildman–Crippen LogP) is 0.553. The van der Waals surface area contributed by atoms with Gasteiger partial charge in [-0.1, -0.05) is 0 Å². The van der Waals surface area contributed by atoms with Crippen molar-refractivity contribution in [1.29, 1.82) is 0 Å². The van der Waals surface area contributed by atoms with Crippen LogP contribution in [0.25, 0.3) is 0 Å². The van der Waals surface area contributed by atoms with Crippen LogP contribution in [-0.4, -0.2) is 29.8 Å². The summed E-state index contributed by atoms with van der Waals surface area (Å²) in [6.07, 6.45) is 0.285. The van der Waals surface area contributed by atoms with Crippen LogP contribution in [0.5, 0.6) is 0 Å². The van der Waals surface area contributed by atoms with Gasteiger partial charge in [0.1, 0.15) is 5.67 Å². The van der Waals surface area contributed by atoms with Gasteiger partial charge in [0, 0.05) is 0 Å². The molecule has 0 aromatic carbocycles. The predicted molar refractivity (Wildman–Crippen MR) is 38.2 cm³/mol. The summed E-state index contributed by atoms with van der Waals surface area (Å²) >= 11 is 0. The van der Waals surface area contributed by atoms with Crippen molar-refractivity contribution in [1.82, 2.24) is 5.32 Å². The zero-order valence-electron chi connectivity index (χ0n) is 6.27. The molecule has 1 aliphatic rings. The van der Waals surface area contributed by atoms with Gasteiger partial charge in [-0.25, -0.2) is 4.39 Å². The van der Waals surface area contributed by atoms with Crippen LogP contribution < -0.4 is 5.32 Å². The van der Waals surface area contributed by atoms with E-state index in [1.165, 1.54) is 0 Å². The number of halogens is 1. The average molecular weight is 161 g/mol. The lowest BCUT2D eigenvalue weighted by Crippen LogP contribution is -2.40. The number of carbonyl (C=O) groups is 1. The molecular weight excluding hydrogens is 149 g/mol. The first kappa shape index (κ1) is 8.46. The van der Waals surface area contributed by atoms with Crippen molar-refractivity contribution < 1.29 is 14.3 Å². The van der Waals surface area contributed by atoms with Gasteiger partial charge in [-0.3, -0.25) is 4.79 Å². The Bertz CT molecular complexity index is 155. The number of aliphatic carboxylic acids is 1. The van der Waals surface area contributed by atoms with E-state index in [4.69, 9.17) is 5.11 Å². The Kier molecular flexibility index (Phi) is 2.44. The fourth-order valence-corrected chi connectivity index (χ4v) is 1.32. The first-order chi connectivity index (χ1) is 5.12. The highest BCUT2D eigenvalue weighted by Crippen LogP contribution is 2.26. The first-order valence-corrected chi connectivity index (χ1v) is 3.74. The van der Waals surface area contributed by atoms with Crippen molar-refractivity contribution in [3.8, 4) is 0 Å². The summed E-state index contributed by atoms with van der Waals surface area (Å²) in [5, 5.41) is 11.4. The average Bonchev–Trinajstić information content (AvgIpc) is 1.85. The molecule has 0 atom stereocenters. The number of nitrogens with one attached hydrogen (secondary N) is 1. The van der Waals surface area contributed by atoms with Gasteiger partial charge >= 0.3 is 5.97 Å². The molecule has 1 fully saturated rings. The number of hydrogen-bond acceptors (Lipinski definition) is 2. The fourth-order valence-electron chi connectivity index (χ4n) is 1.32. The molecule has 0 bridgehead atoms. The number of rotatable bonds is 2. The Labute approximate surface area is 64.6 Å². The van der Waals surface area contributed by atoms with Crippen molar-refractivity contribution in [3.63, 3.8) is 0 Å². The molecule has 0 radical (unpaired) electrons. The summed E-state index contributed by atoms with van der Waals surface area (Å²) in [6, 6.07) is 0. The summed E-state index contributed by atoms with van der Waals surface area (Å²) in [4.78, 5) is 10.2. The van der Waals surface area contributed by atoms with Crippen molar-refractivity contribution >= 4 is 5.97 Å². The quantitative estimate of drug-likeness (QED) is 0.622. The smallest absolute Gasteiger partial charge is 0.306 e. The Balaban J connectivity index is 2.43. The minimum atomic E-state index is -1.46. The molecule has 0 saturated carbocycles. The van der Waals surface area contributed by atoms with Gasteiger partial charge in [0.15, 0.2) is 0 Å². The minimum Gasteiger partial charge on any atom is -0.481 e. The van der Waals surface area contributed by atoms with Gasteiger partial charge in [0.25, 0.3) is 0 Å². The molecule has 4 heteroatoms. The number of carboxylic acids is 1. The molecule has 0 spiro atoms. The molecule has 1 heterocycles. The molecule has 1 saturated heterocycles. The molecule has 2 N–H and O–H groups in total. The number of carboxylic acid groups (broad SMARTS) is 1. The summed E-state index contributed by atoms with van der Waals surface area (Å²) in [5.41, 5.74) is -1.46. The van der Waals surface area contributed by atoms with Crippen LogP contribution in [0, 0.1) is 0 Å². The van der Waals surface area contributed by atoms with E-state index in [1.807, 2.05) is 0 Å². The van der Waals surface area contributed by atoms with Crippen molar-refractivity contribution in [2.45, 2.75) is 24.9 Å². The summed E-state index contributed by atoms with van der Waals surface area (Å²) in [7, 11) is 0. The molecular formula is C7H12FNO2. The first-order valence-electron chi connectivity index (χ1n) is 3.74. The lowest BCUT2D eigenvalue weighted by molar-refractivity contribution is -0.140. The van der Waals surface area contributed by atoms with E-state index < -0.39 is 11.6 Å². The molecule has 0 aromatic rings. The van der Waals surface area contributed by atoms with Crippen LogP contribution in [-0.2, 0) is 4.79 Å². The summed E-state index contributed by atoms with van der Waals surface area (Å²) in [5.74, 6) is -1.05. The van der Waals surface area contributed by atoms with E-state index in [-0.39, 0.29) is 6.42 Å². The van der Waals surface area contributed by atoms with Crippen LogP contribution in [0.3, 0.4) is 0 Å². The van der Waals surface area contributed by atoms with Crippen LogP contribution >= 0.6 is 0 Å². The Morgan fingerprint density at radius 1 is 1.55 bits per heavy atom. The van der Waals surface area contributed by atoms with E-state index in [0.717, 1.165) is 0 Å². The van der Waals surface area contributed by atoms with Gasteiger partial charge in [-0.2, -0.15) is 0 Å². The fraction of sp³-hybridized carbons (Fsp3) is 0.857.